The van der Waals surface area contributed by atoms with Gasteiger partial charge in [-0.25, -0.2) is 13.2 Å². The molecule has 0 spiro atoms. The summed E-state index contributed by atoms with van der Waals surface area (Å²) in [5.41, 5.74) is -2.90. The molecule has 0 saturated carbocycles. The molecule has 0 aromatic heterocycles. The maximum atomic E-state index is 13.3. The van der Waals surface area contributed by atoms with Crippen molar-refractivity contribution < 1.29 is 33.3 Å². The molecule has 0 aliphatic carbocycles. The van der Waals surface area contributed by atoms with Crippen LogP contribution >= 0.6 is 0 Å². The van der Waals surface area contributed by atoms with E-state index in [1.165, 1.54) is 0 Å². The van der Waals surface area contributed by atoms with Gasteiger partial charge in [0, 0.05) is 12.1 Å². The van der Waals surface area contributed by atoms with Gasteiger partial charge < -0.3 is 20.6 Å². The minimum absolute atomic E-state index is 0.316. The molecule has 19 heavy (non-hydrogen) atoms. The van der Waals surface area contributed by atoms with E-state index in [1.807, 2.05) is 5.32 Å². The van der Waals surface area contributed by atoms with Gasteiger partial charge in [-0.2, -0.15) is 0 Å². The highest BCUT2D eigenvalue weighted by Gasteiger charge is 2.32. The lowest BCUT2D eigenvalue weighted by molar-refractivity contribution is 0.0371. The summed E-state index contributed by atoms with van der Waals surface area (Å²) in [6.45, 7) is -2.55. The molecule has 0 fully saturated rings. The summed E-state index contributed by atoms with van der Waals surface area (Å²) < 4.78 is 39.3. The van der Waals surface area contributed by atoms with Gasteiger partial charge in [0.2, 0.25) is 0 Å². The third-order valence-corrected chi connectivity index (χ3v) is 2.52. The maximum absolute atomic E-state index is 13.3. The second-order valence-corrected chi connectivity index (χ2v) is 3.95. The lowest BCUT2D eigenvalue weighted by Gasteiger charge is -2.28. The Labute approximate surface area is 106 Å². The largest absolute Gasteiger partial charge is 0.394 e. The van der Waals surface area contributed by atoms with Gasteiger partial charge in [0.15, 0.2) is 0 Å². The van der Waals surface area contributed by atoms with E-state index in [4.69, 9.17) is 15.3 Å². The Kier molecular flexibility index (Phi) is 4.87. The second-order valence-electron chi connectivity index (χ2n) is 3.95. The first kappa shape index (κ1) is 15.4. The number of aliphatic hydroxyl groups is 3. The molecule has 0 bridgehead atoms. The van der Waals surface area contributed by atoms with E-state index in [0.29, 0.717) is 12.1 Å². The zero-order valence-electron chi connectivity index (χ0n) is 9.66. The Morgan fingerprint density at radius 2 is 1.47 bits per heavy atom. The number of rotatable bonds is 5. The molecule has 1 aromatic rings. The van der Waals surface area contributed by atoms with Gasteiger partial charge in [-0.3, -0.25) is 4.79 Å². The fraction of sp³-hybridized carbons (Fsp3) is 0.364. The monoisotopic (exact) mass is 279 g/mol. The third kappa shape index (κ3) is 3.22. The molecule has 0 unspecified atom stereocenters. The molecule has 1 aromatic carbocycles. The van der Waals surface area contributed by atoms with Crippen molar-refractivity contribution in [3.8, 4) is 0 Å². The van der Waals surface area contributed by atoms with Gasteiger partial charge in [0.1, 0.15) is 28.6 Å². The van der Waals surface area contributed by atoms with E-state index >= 15 is 0 Å². The van der Waals surface area contributed by atoms with E-state index in [1.54, 1.807) is 0 Å². The standard InChI is InChI=1S/C11H12F3NO4/c12-6-1-7(13)9(8(14)2-6)10(19)15-11(3-16,4-17)5-18/h1-2,16-18H,3-5H2,(H,15,19). The number of aliphatic hydroxyl groups excluding tert-OH is 3. The first-order chi connectivity index (χ1) is 8.89. The van der Waals surface area contributed by atoms with Gasteiger partial charge in [-0.15, -0.1) is 0 Å². The van der Waals surface area contributed by atoms with Crippen molar-refractivity contribution >= 4 is 5.91 Å². The number of carbonyl (C=O) groups is 1. The van der Waals surface area contributed by atoms with Crippen molar-refractivity contribution in [1.29, 1.82) is 0 Å². The van der Waals surface area contributed by atoms with Crippen molar-refractivity contribution in [2.75, 3.05) is 19.8 Å². The molecular formula is C11H12F3NO4. The van der Waals surface area contributed by atoms with E-state index in [2.05, 4.69) is 0 Å². The minimum atomic E-state index is -1.83. The Morgan fingerprint density at radius 3 is 1.84 bits per heavy atom. The lowest BCUT2D eigenvalue weighted by atomic mass is 10.0. The Hall–Kier alpha value is -1.64. The predicted octanol–water partition coefficient (Wildman–Crippen LogP) is -0.451. The predicted molar refractivity (Wildman–Crippen MR) is 57.8 cm³/mol. The van der Waals surface area contributed by atoms with Crippen molar-refractivity contribution in [2.24, 2.45) is 0 Å². The molecule has 1 amide bonds. The van der Waals surface area contributed by atoms with Gasteiger partial charge in [-0.1, -0.05) is 0 Å². The zero-order valence-corrected chi connectivity index (χ0v) is 9.66. The molecule has 0 aliphatic heterocycles. The van der Waals surface area contributed by atoms with Gasteiger partial charge >= 0.3 is 0 Å². The fourth-order valence-corrected chi connectivity index (χ4v) is 1.33. The summed E-state index contributed by atoms with van der Waals surface area (Å²) in [6.07, 6.45) is 0. The van der Waals surface area contributed by atoms with E-state index in [9.17, 15) is 18.0 Å². The molecule has 106 valence electrons. The van der Waals surface area contributed by atoms with Crippen LogP contribution < -0.4 is 5.32 Å². The van der Waals surface area contributed by atoms with Crippen LogP contribution in [-0.2, 0) is 0 Å². The number of benzene rings is 1. The van der Waals surface area contributed by atoms with Crippen LogP contribution in [-0.4, -0.2) is 46.6 Å². The molecule has 1 rings (SSSR count). The van der Waals surface area contributed by atoms with Gasteiger partial charge in [0.05, 0.1) is 19.8 Å². The SMILES string of the molecule is O=C(NC(CO)(CO)CO)c1c(F)cc(F)cc1F. The van der Waals surface area contributed by atoms with Crippen molar-refractivity contribution in [3.05, 3.63) is 35.1 Å². The van der Waals surface area contributed by atoms with Crippen LogP contribution in [0.2, 0.25) is 0 Å². The van der Waals surface area contributed by atoms with Crippen LogP contribution in [0.3, 0.4) is 0 Å². The van der Waals surface area contributed by atoms with Crippen molar-refractivity contribution in [2.45, 2.75) is 5.54 Å². The molecule has 0 radical (unpaired) electrons. The first-order valence-electron chi connectivity index (χ1n) is 5.19. The van der Waals surface area contributed by atoms with Gasteiger partial charge in [0.25, 0.3) is 5.91 Å². The Morgan fingerprint density at radius 1 is 1.05 bits per heavy atom. The number of nitrogens with one attached hydrogen (secondary N) is 1. The molecule has 4 N–H and O–H groups in total. The van der Waals surface area contributed by atoms with Crippen LogP contribution in [0.1, 0.15) is 10.4 Å². The number of halogens is 3. The Balaban J connectivity index is 3.08. The first-order valence-corrected chi connectivity index (χ1v) is 5.19. The van der Waals surface area contributed by atoms with Crippen LogP contribution in [0.15, 0.2) is 12.1 Å². The number of amides is 1. The summed E-state index contributed by atoms with van der Waals surface area (Å²) in [5, 5.41) is 28.8. The maximum Gasteiger partial charge on any atom is 0.257 e. The average Bonchev–Trinajstić information content (AvgIpc) is 2.35. The number of hydrogen-bond donors (Lipinski definition) is 4. The summed E-state index contributed by atoms with van der Waals surface area (Å²) in [7, 11) is 0. The van der Waals surface area contributed by atoms with Crippen LogP contribution in [0.25, 0.3) is 0 Å². The van der Waals surface area contributed by atoms with Crippen LogP contribution in [0, 0.1) is 17.5 Å². The zero-order chi connectivity index (χ0) is 14.6. The fourth-order valence-electron chi connectivity index (χ4n) is 1.33. The summed E-state index contributed by atoms with van der Waals surface area (Å²) >= 11 is 0. The summed E-state index contributed by atoms with van der Waals surface area (Å²) in [5.74, 6) is -5.38. The molecule has 8 heteroatoms. The highest BCUT2D eigenvalue weighted by Crippen LogP contribution is 2.16. The molecule has 0 aliphatic rings. The summed E-state index contributed by atoms with van der Waals surface area (Å²) in [4.78, 5) is 11.6. The van der Waals surface area contributed by atoms with Crippen LogP contribution in [0.5, 0.6) is 0 Å². The molecule has 0 saturated heterocycles. The number of hydrogen-bond acceptors (Lipinski definition) is 4. The highest BCUT2D eigenvalue weighted by molar-refractivity contribution is 5.95. The molecule has 0 heterocycles. The Bertz CT molecular complexity index is 446. The van der Waals surface area contributed by atoms with Crippen molar-refractivity contribution in [3.63, 3.8) is 0 Å². The lowest BCUT2D eigenvalue weighted by Crippen LogP contribution is -2.57. The second kappa shape index (κ2) is 6.00. The quantitative estimate of drug-likeness (QED) is 0.587. The van der Waals surface area contributed by atoms with E-state index < -0.39 is 54.3 Å². The molecular weight excluding hydrogens is 267 g/mol. The van der Waals surface area contributed by atoms with E-state index in [0.717, 1.165) is 0 Å². The minimum Gasteiger partial charge on any atom is -0.394 e. The smallest absolute Gasteiger partial charge is 0.257 e. The average molecular weight is 279 g/mol. The van der Waals surface area contributed by atoms with Crippen molar-refractivity contribution in [1.82, 2.24) is 5.32 Å². The topological polar surface area (TPSA) is 89.8 Å². The molecule has 0 atom stereocenters. The third-order valence-electron chi connectivity index (χ3n) is 2.52. The highest BCUT2D eigenvalue weighted by atomic mass is 19.1. The summed E-state index contributed by atoms with van der Waals surface area (Å²) in [6, 6.07) is 0.632. The molecule has 5 nitrogen and oxygen atoms in total. The number of carbonyl (C=O) groups excluding carboxylic acids is 1. The van der Waals surface area contributed by atoms with Gasteiger partial charge in [-0.05, 0) is 0 Å². The van der Waals surface area contributed by atoms with E-state index in [-0.39, 0.29) is 0 Å². The normalized spacial score (nSPS) is 11.5. The van der Waals surface area contributed by atoms with Crippen LogP contribution in [0.4, 0.5) is 13.2 Å².